The summed E-state index contributed by atoms with van der Waals surface area (Å²) in [7, 11) is 0. The number of benzene rings is 3. The van der Waals surface area contributed by atoms with Crippen molar-refractivity contribution in [2.24, 2.45) is 10.2 Å². The average Bonchev–Trinajstić information content (AvgIpc) is 2.79. The molecule has 0 bridgehead atoms. The first-order chi connectivity index (χ1) is 16.0. The van der Waals surface area contributed by atoms with Crippen LogP contribution in [0.1, 0.15) is 32.6 Å². The number of anilines is 1. The Hall–Kier alpha value is -4.15. The van der Waals surface area contributed by atoms with Crippen molar-refractivity contribution in [3.05, 3.63) is 101 Å². The van der Waals surface area contributed by atoms with Gasteiger partial charge in [-0.15, -0.1) is 0 Å². The van der Waals surface area contributed by atoms with Crippen molar-refractivity contribution in [2.45, 2.75) is 12.4 Å². The zero-order chi connectivity index (χ0) is 24.8. The lowest BCUT2D eigenvalue weighted by Gasteiger charge is -2.06. The first-order valence-electron chi connectivity index (χ1n) is 9.59. The Bertz CT molecular complexity index is 1170. The van der Waals surface area contributed by atoms with Crippen LogP contribution in [-0.2, 0) is 12.4 Å². The average molecular weight is 478 g/mol. The molecule has 0 saturated carbocycles. The predicted molar refractivity (Wildman–Crippen MR) is 116 cm³/mol. The maximum atomic E-state index is 12.6. The number of nitrogens with one attached hydrogen (secondary N) is 2. The Labute approximate surface area is 189 Å². The van der Waals surface area contributed by atoms with Crippen LogP contribution in [0.2, 0.25) is 0 Å². The van der Waals surface area contributed by atoms with E-state index in [1.54, 1.807) is 12.1 Å². The highest BCUT2D eigenvalue weighted by Crippen LogP contribution is 2.29. The third-order valence-electron chi connectivity index (χ3n) is 4.41. The number of hydrogen-bond donors (Lipinski definition) is 2. The monoisotopic (exact) mass is 478 g/mol. The van der Waals surface area contributed by atoms with Crippen molar-refractivity contribution in [1.29, 1.82) is 0 Å². The van der Waals surface area contributed by atoms with E-state index in [0.29, 0.717) is 16.8 Å². The molecule has 3 aromatic rings. The molecule has 34 heavy (non-hydrogen) atoms. The van der Waals surface area contributed by atoms with Crippen molar-refractivity contribution in [1.82, 2.24) is 5.43 Å². The summed E-state index contributed by atoms with van der Waals surface area (Å²) < 4.78 is 75.3. The fraction of sp³-hybridized carbons (Fsp3) is 0.0870. The molecule has 0 fully saturated rings. The van der Waals surface area contributed by atoms with Crippen LogP contribution in [0, 0.1) is 0 Å². The number of alkyl halides is 6. The van der Waals surface area contributed by atoms with Gasteiger partial charge in [-0.2, -0.15) is 36.5 Å². The van der Waals surface area contributed by atoms with E-state index in [1.807, 2.05) is 0 Å². The zero-order valence-corrected chi connectivity index (χ0v) is 17.2. The molecule has 0 aliphatic heterocycles. The molecule has 0 saturated heterocycles. The van der Waals surface area contributed by atoms with E-state index >= 15 is 0 Å². The molecule has 0 unspecified atom stereocenters. The van der Waals surface area contributed by atoms with E-state index in [2.05, 4.69) is 21.1 Å². The third-order valence-corrected chi connectivity index (χ3v) is 4.41. The van der Waals surface area contributed by atoms with Crippen molar-refractivity contribution in [2.75, 3.05) is 5.43 Å². The molecule has 5 nitrogen and oxygen atoms in total. The van der Waals surface area contributed by atoms with Crippen LogP contribution in [0.5, 0.6) is 0 Å². The quantitative estimate of drug-likeness (QED) is 0.262. The molecule has 0 aliphatic carbocycles. The van der Waals surface area contributed by atoms with Gasteiger partial charge in [-0.25, -0.2) is 5.43 Å². The van der Waals surface area contributed by atoms with Crippen LogP contribution in [0.3, 0.4) is 0 Å². The fourth-order valence-corrected chi connectivity index (χ4v) is 2.62. The molecule has 0 atom stereocenters. The molecular weight excluding hydrogens is 462 g/mol. The van der Waals surface area contributed by atoms with Crippen molar-refractivity contribution in [3.8, 4) is 0 Å². The molecule has 0 aliphatic rings. The molecule has 1 amide bonds. The Morgan fingerprint density at radius 2 is 1.09 bits per heavy atom. The van der Waals surface area contributed by atoms with Gasteiger partial charge in [0.05, 0.1) is 29.2 Å². The number of carbonyl (C=O) groups is 1. The summed E-state index contributed by atoms with van der Waals surface area (Å²) in [6, 6.07) is 14.8. The Morgan fingerprint density at radius 3 is 1.53 bits per heavy atom. The fourth-order valence-electron chi connectivity index (χ4n) is 2.62. The standard InChI is InChI=1S/C23H16F6N4O/c24-22(25,26)18-7-1-15(2-8-18)13-30-32-20-11-5-17(6-12-20)21(34)33-31-14-16-3-9-19(10-4-16)23(27,28)29/h1-14,32H,(H,33,34)/b30-13-,31-14-. The van der Waals surface area contributed by atoms with Gasteiger partial charge >= 0.3 is 12.4 Å². The summed E-state index contributed by atoms with van der Waals surface area (Å²) in [6.07, 6.45) is -6.28. The van der Waals surface area contributed by atoms with Gasteiger partial charge in [0.1, 0.15) is 0 Å². The van der Waals surface area contributed by atoms with Gasteiger partial charge in [0, 0.05) is 5.56 Å². The van der Waals surface area contributed by atoms with Crippen LogP contribution in [0.25, 0.3) is 0 Å². The Morgan fingerprint density at radius 1 is 0.647 bits per heavy atom. The van der Waals surface area contributed by atoms with E-state index in [0.717, 1.165) is 24.3 Å². The van der Waals surface area contributed by atoms with E-state index < -0.39 is 29.4 Å². The van der Waals surface area contributed by atoms with Gasteiger partial charge in [-0.05, 0) is 59.7 Å². The van der Waals surface area contributed by atoms with E-state index in [1.165, 1.54) is 48.8 Å². The minimum atomic E-state index is -4.43. The highest BCUT2D eigenvalue weighted by atomic mass is 19.4. The summed E-state index contributed by atoms with van der Waals surface area (Å²) >= 11 is 0. The van der Waals surface area contributed by atoms with Crippen molar-refractivity contribution < 1.29 is 31.1 Å². The lowest BCUT2D eigenvalue weighted by atomic mass is 10.1. The van der Waals surface area contributed by atoms with Gasteiger partial charge < -0.3 is 0 Å². The number of hydrazone groups is 2. The van der Waals surface area contributed by atoms with Crippen LogP contribution in [0.4, 0.5) is 32.0 Å². The Kier molecular flexibility index (Phi) is 7.34. The highest BCUT2D eigenvalue weighted by molar-refractivity contribution is 5.95. The summed E-state index contributed by atoms with van der Waals surface area (Å²) in [5.74, 6) is -0.539. The summed E-state index contributed by atoms with van der Waals surface area (Å²) in [6.45, 7) is 0. The van der Waals surface area contributed by atoms with Gasteiger partial charge in [-0.1, -0.05) is 24.3 Å². The maximum Gasteiger partial charge on any atom is 0.416 e. The number of hydrogen-bond acceptors (Lipinski definition) is 4. The van der Waals surface area contributed by atoms with Gasteiger partial charge in [0.15, 0.2) is 0 Å². The number of nitrogens with zero attached hydrogens (tertiary/aromatic N) is 2. The number of amides is 1. The molecule has 11 heteroatoms. The molecule has 3 rings (SSSR count). The highest BCUT2D eigenvalue weighted by Gasteiger charge is 2.30. The second kappa shape index (κ2) is 10.2. The molecule has 0 radical (unpaired) electrons. The molecular formula is C23H16F6N4O. The lowest BCUT2D eigenvalue weighted by Crippen LogP contribution is -2.17. The minimum absolute atomic E-state index is 0.266. The molecule has 0 aromatic heterocycles. The molecule has 3 aromatic carbocycles. The number of halogens is 6. The summed E-state index contributed by atoms with van der Waals surface area (Å²) in [5, 5.41) is 7.65. The summed E-state index contributed by atoms with van der Waals surface area (Å²) in [5.41, 5.74) is 5.04. The predicted octanol–water partition coefficient (Wildman–Crippen LogP) is 5.93. The molecule has 176 valence electrons. The molecule has 0 spiro atoms. The number of carbonyl (C=O) groups excluding carboxylic acids is 1. The van der Waals surface area contributed by atoms with Gasteiger partial charge in [-0.3, -0.25) is 10.2 Å². The van der Waals surface area contributed by atoms with Crippen LogP contribution < -0.4 is 10.9 Å². The first kappa shape index (κ1) is 24.5. The summed E-state index contributed by atoms with van der Waals surface area (Å²) in [4.78, 5) is 12.1. The lowest BCUT2D eigenvalue weighted by molar-refractivity contribution is -0.138. The van der Waals surface area contributed by atoms with Crippen LogP contribution >= 0.6 is 0 Å². The third kappa shape index (κ3) is 6.92. The van der Waals surface area contributed by atoms with Crippen LogP contribution in [-0.4, -0.2) is 18.3 Å². The normalized spacial score (nSPS) is 12.3. The van der Waals surface area contributed by atoms with Crippen molar-refractivity contribution in [3.63, 3.8) is 0 Å². The minimum Gasteiger partial charge on any atom is -0.279 e. The largest absolute Gasteiger partial charge is 0.416 e. The molecule has 0 heterocycles. The van der Waals surface area contributed by atoms with Gasteiger partial charge in [0.2, 0.25) is 0 Å². The zero-order valence-electron chi connectivity index (χ0n) is 17.2. The van der Waals surface area contributed by atoms with Crippen molar-refractivity contribution >= 4 is 24.0 Å². The maximum absolute atomic E-state index is 12.6. The SMILES string of the molecule is O=C(N/N=C\c1ccc(C(F)(F)F)cc1)c1ccc(N/N=C\c2ccc(C(F)(F)F)cc2)cc1. The number of rotatable bonds is 6. The van der Waals surface area contributed by atoms with E-state index in [9.17, 15) is 31.1 Å². The molecule has 2 N–H and O–H groups in total. The van der Waals surface area contributed by atoms with E-state index in [-0.39, 0.29) is 5.56 Å². The second-order valence-corrected chi connectivity index (χ2v) is 6.89. The second-order valence-electron chi connectivity index (χ2n) is 6.89. The van der Waals surface area contributed by atoms with Crippen LogP contribution in [0.15, 0.2) is 83.0 Å². The first-order valence-corrected chi connectivity index (χ1v) is 9.59. The Balaban J connectivity index is 1.51. The smallest absolute Gasteiger partial charge is 0.279 e. The van der Waals surface area contributed by atoms with Gasteiger partial charge in [0.25, 0.3) is 5.91 Å². The van der Waals surface area contributed by atoms with E-state index in [4.69, 9.17) is 0 Å². The topological polar surface area (TPSA) is 65.8 Å².